The Bertz CT molecular complexity index is 84.6. The summed E-state index contributed by atoms with van der Waals surface area (Å²) in [6, 6.07) is 0. The Morgan fingerprint density at radius 2 is 2.00 bits per heavy atom. The van der Waals surface area contributed by atoms with Crippen LogP contribution in [0.2, 0.25) is 0 Å². The quantitative estimate of drug-likeness (QED) is 0.402. The van der Waals surface area contributed by atoms with Gasteiger partial charge < -0.3 is 0 Å². The molecule has 0 aliphatic heterocycles. The summed E-state index contributed by atoms with van der Waals surface area (Å²) in [5.41, 5.74) is 0. The summed E-state index contributed by atoms with van der Waals surface area (Å²) in [4.78, 5) is 0. The van der Waals surface area contributed by atoms with Crippen LogP contribution in [-0.2, 0) is 0 Å². The van der Waals surface area contributed by atoms with Crippen molar-refractivity contribution in [3.8, 4) is 0 Å². The van der Waals surface area contributed by atoms with Gasteiger partial charge in [-0.15, -0.1) is 0 Å². The van der Waals surface area contributed by atoms with Crippen molar-refractivity contribution in [3.05, 3.63) is 0 Å². The molecule has 1 nitrogen and oxygen atoms in total. The van der Waals surface area contributed by atoms with Crippen molar-refractivity contribution in [1.82, 2.24) is 0 Å². The van der Waals surface area contributed by atoms with Crippen LogP contribution in [-0.4, -0.2) is 24.4 Å². The van der Waals surface area contributed by atoms with Gasteiger partial charge in [0.05, 0.1) is 0 Å². The SMILES string of the molecule is CCC=[N+](C)CCCC. The second kappa shape index (κ2) is 5.80. The number of hydrogen-bond acceptors (Lipinski definition) is 0. The molecule has 0 bridgehead atoms. The molecule has 0 atom stereocenters. The molecule has 0 aromatic heterocycles. The Kier molecular flexibility index (Phi) is 5.59. The van der Waals surface area contributed by atoms with Gasteiger partial charge in [-0.25, -0.2) is 4.58 Å². The fourth-order valence-electron chi connectivity index (χ4n) is 0.810. The second-order valence-electron chi connectivity index (χ2n) is 2.42. The highest BCUT2D eigenvalue weighted by Gasteiger charge is 1.90. The Balaban J connectivity index is 3.25. The Morgan fingerprint density at radius 1 is 1.33 bits per heavy atom. The van der Waals surface area contributed by atoms with Gasteiger partial charge in [0.1, 0.15) is 19.8 Å². The Morgan fingerprint density at radius 3 is 2.44 bits per heavy atom. The van der Waals surface area contributed by atoms with Crippen LogP contribution in [0.4, 0.5) is 0 Å². The van der Waals surface area contributed by atoms with E-state index in [1.807, 2.05) is 0 Å². The van der Waals surface area contributed by atoms with Crippen molar-refractivity contribution in [1.29, 1.82) is 0 Å². The van der Waals surface area contributed by atoms with Crippen LogP contribution in [0.15, 0.2) is 0 Å². The minimum atomic E-state index is 1.15. The van der Waals surface area contributed by atoms with E-state index >= 15 is 0 Å². The van der Waals surface area contributed by atoms with E-state index in [2.05, 4.69) is 31.7 Å². The minimum Gasteiger partial charge on any atom is -0.242 e. The normalized spacial score (nSPS) is 12.1. The molecule has 0 amide bonds. The Labute approximate surface area is 58.4 Å². The zero-order valence-corrected chi connectivity index (χ0v) is 6.85. The van der Waals surface area contributed by atoms with Gasteiger partial charge >= 0.3 is 0 Å². The lowest BCUT2D eigenvalue weighted by Crippen LogP contribution is -2.07. The molecule has 0 saturated carbocycles. The molecule has 0 aliphatic carbocycles. The predicted molar refractivity (Wildman–Crippen MR) is 42.3 cm³/mol. The third kappa shape index (κ3) is 5.54. The first-order valence-electron chi connectivity index (χ1n) is 3.84. The van der Waals surface area contributed by atoms with Crippen molar-refractivity contribution >= 4 is 6.21 Å². The molecular weight excluding hydrogens is 110 g/mol. The van der Waals surface area contributed by atoms with E-state index in [1.54, 1.807) is 0 Å². The van der Waals surface area contributed by atoms with Crippen LogP contribution in [0.25, 0.3) is 0 Å². The highest BCUT2D eigenvalue weighted by atomic mass is 14.9. The summed E-state index contributed by atoms with van der Waals surface area (Å²) in [5.74, 6) is 0. The summed E-state index contributed by atoms with van der Waals surface area (Å²) in [7, 11) is 2.14. The maximum absolute atomic E-state index is 2.27. The average Bonchev–Trinajstić information content (AvgIpc) is 1.85. The lowest BCUT2D eigenvalue weighted by atomic mass is 10.3. The number of nitrogens with zero attached hydrogens (tertiary/aromatic N) is 1. The van der Waals surface area contributed by atoms with Crippen LogP contribution >= 0.6 is 0 Å². The zero-order chi connectivity index (χ0) is 7.11. The molecule has 0 aromatic carbocycles. The summed E-state index contributed by atoms with van der Waals surface area (Å²) < 4.78 is 2.27. The number of rotatable bonds is 4. The molecule has 54 valence electrons. The van der Waals surface area contributed by atoms with Crippen molar-refractivity contribution in [2.75, 3.05) is 13.6 Å². The zero-order valence-electron chi connectivity index (χ0n) is 6.85. The summed E-state index contributed by atoms with van der Waals surface area (Å²) in [6.07, 6.45) is 5.99. The van der Waals surface area contributed by atoms with E-state index in [4.69, 9.17) is 0 Å². The molecule has 0 heterocycles. The maximum Gasteiger partial charge on any atom is 0.142 e. The fourth-order valence-corrected chi connectivity index (χ4v) is 0.810. The van der Waals surface area contributed by atoms with Gasteiger partial charge in [-0.1, -0.05) is 20.3 Å². The van der Waals surface area contributed by atoms with E-state index in [-0.39, 0.29) is 0 Å². The molecule has 9 heavy (non-hydrogen) atoms. The lowest BCUT2D eigenvalue weighted by molar-refractivity contribution is -0.494. The van der Waals surface area contributed by atoms with Crippen LogP contribution in [0.3, 0.4) is 0 Å². The first-order chi connectivity index (χ1) is 4.31. The van der Waals surface area contributed by atoms with E-state index in [0.717, 1.165) is 6.42 Å². The summed E-state index contributed by atoms with van der Waals surface area (Å²) in [6.45, 7) is 5.60. The largest absolute Gasteiger partial charge is 0.242 e. The molecular formula is C8H18N+. The van der Waals surface area contributed by atoms with Gasteiger partial charge in [0.25, 0.3) is 0 Å². The molecule has 0 rings (SSSR count). The maximum atomic E-state index is 2.27. The Hall–Kier alpha value is -0.330. The first-order valence-corrected chi connectivity index (χ1v) is 3.84. The topological polar surface area (TPSA) is 3.01 Å². The standard InChI is InChI=1S/C8H18N/c1-4-6-8-9(3)7-5-2/h7H,4-6,8H2,1-3H3/q+1. The lowest BCUT2D eigenvalue weighted by Gasteiger charge is -1.92. The molecule has 1 heteroatoms. The van der Waals surface area contributed by atoms with Gasteiger partial charge in [-0.3, -0.25) is 0 Å². The molecule has 0 spiro atoms. The molecule has 0 aromatic rings. The molecule has 0 unspecified atom stereocenters. The monoisotopic (exact) mass is 128 g/mol. The van der Waals surface area contributed by atoms with Crippen LogP contribution in [0, 0.1) is 0 Å². The highest BCUT2D eigenvalue weighted by molar-refractivity contribution is 5.50. The summed E-state index contributed by atoms with van der Waals surface area (Å²) in [5, 5.41) is 0. The van der Waals surface area contributed by atoms with Crippen molar-refractivity contribution < 1.29 is 4.58 Å². The first kappa shape index (κ1) is 8.67. The number of unbranched alkanes of at least 4 members (excludes halogenated alkanes) is 1. The average molecular weight is 128 g/mol. The second-order valence-corrected chi connectivity index (χ2v) is 2.42. The van der Waals surface area contributed by atoms with Gasteiger partial charge in [0.15, 0.2) is 0 Å². The summed E-state index contributed by atoms with van der Waals surface area (Å²) >= 11 is 0. The molecule has 0 radical (unpaired) electrons. The van der Waals surface area contributed by atoms with Crippen molar-refractivity contribution in [2.24, 2.45) is 0 Å². The van der Waals surface area contributed by atoms with E-state index in [0.29, 0.717) is 0 Å². The predicted octanol–water partition coefficient (Wildman–Crippen LogP) is 1.91. The van der Waals surface area contributed by atoms with Crippen molar-refractivity contribution in [2.45, 2.75) is 33.1 Å². The van der Waals surface area contributed by atoms with Crippen molar-refractivity contribution in [3.63, 3.8) is 0 Å². The fraction of sp³-hybridized carbons (Fsp3) is 0.875. The van der Waals surface area contributed by atoms with Gasteiger partial charge in [-0.05, 0) is 0 Å². The molecule has 0 N–H and O–H groups in total. The van der Waals surface area contributed by atoms with E-state index in [9.17, 15) is 0 Å². The van der Waals surface area contributed by atoms with Crippen LogP contribution in [0.5, 0.6) is 0 Å². The molecule has 0 saturated heterocycles. The van der Waals surface area contributed by atoms with E-state index in [1.165, 1.54) is 19.4 Å². The molecule has 0 aliphatic rings. The highest BCUT2D eigenvalue weighted by Crippen LogP contribution is 1.84. The van der Waals surface area contributed by atoms with Gasteiger partial charge in [0, 0.05) is 12.8 Å². The number of hydrogen-bond donors (Lipinski definition) is 0. The third-order valence-corrected chi connectivity index (χ3v) is 1.36. The minimum absolute atomic E-state index is 1.15. The molecule has 0 fully saturated rings. The van der Waals surface area contributed by atoms with Gasteiger partial charge in [-0.2, -0.15) is 0 Å². The van der Waals surface area contributed by atoms with Crippen LogP contribution in [0.1, 0.15) is 33.1 Å². The smallest absolute Gasteiger partial charge is 0.142 e. The van der Waals surface area contributed by atoms with Gasteiger partial charge in [0.2, 0.25) is 0 Å². The van der Waals surface area contributed by atoms with E-state index < -0.39 is 0 Å². The third-order valence-electron chi connectivity index (χ3n) is 1.36. The van der Waals surface area contributed by atoms with Crippen LogP contribution < -0.4 is 0 Å².